The Balaban J connectivity index is 2.74. The molecule has 0 aromatic rings. The van der Waals surface area contributed by atoms with E-state index in [4.69, 9.17) is 5.11 Å². The molecule has 1 heterocycles. The Hall–Kier alpha value is -1.10. The van der Waals surface area contributed by atoms with E-state index in [1.165, 1.54) is 7.11 Å². The highest BCUT2D eigenvalue weighted by Gasteiger charge is 2.43. The number of rotatable bonds is 3. The molecule has 0 aromatic heterocycles. The molecule has 0 bridgehead atoms. The predicted molar refractivity (Wildman–Crippen MR) is 44.2 cm³/mol. The number of ether oxygens (including phenoxy) is 1. The quantitative estimate of drug-likeness (QED) is 0.596. The van der Waals surface area contributed by atoms with E-state index in [9.17, 15) is 9.59 Å². The molecule has 0 saturated carbocycles. The van der Waals surface area contributed by atoms with Gasteiger partial charge in [0.1, 0.15) is 5.54 Å². The average Bonchev–Trinajstić information content (AvgIpc) is 2.51. The van der Waals surface area contributed by atoms with Crippen LogP contribution in [0.2, 0.25) is 0 Å². The van der Waals surface area contributed by atoms with E-state index in [1.54, 1.807) is 0 Å². The summed E-state index contributed by atoms with van der Waals surface area (Å²) in [6.07, 6.45) is 1.13. The number of carboxylic acids is 1. The minimum atomic E-state index is -0.986. The van der Waals surface area contributed by atoms with E-state index in [2.05, 4.69) is 10.1 Å². The molecule has 1 fully saturated rings. The SMILES string of the molecule is COC(=O)[C@@]1(CC(=O)O)CCCN1. The summed E-state index contributed by atoms with van der Waals surface area (Å²) in [5, 5.41) is 11.5. The van der Waals surface area contributed by atoms with Crippen LogP contribution in [0.5, 0.6) is 0 Å². The Morgan fingerprint density at radius 2 is 2.31 bits per heavy atom. The smallest absolute Gasteiger partial charge is 0.326 e. The molecule has 0 aliphatic carbocycles. The summed E-state index contributed by atoms with van der Waals surface area (Å²) in [5.74, 6) is -1.47. The molecule has 0 spiro atoms. The molecule has 1 aliphatic heterocycles. The maximum Gasteiger partial charge on any atom is 0.326 e. The lowest BCUT2D eigenvalue weighted by Gasteiger charge is -2.23. The van der Waals surface area contributed by atoms with Crippen molar-refractivity contribution in [2.75, 3.05) is 13.7 Å². The standard InChI is InChI=1S/C8H13NO4/c1-13-7(12)8(5-6(10)11)3-2-4-9-8/h9H,2-5H2,1H3,(H,10,11)/t8-/m0/s1. The van der Waals surface area contributed by atoms with Gasteiger partial charge in [-0.2, -0.15) is 0 Å². The van der Waals surface area contributed by atoms with Gasteiger partial charge in [-0.1, -0.05) is 0 Å². The van der Waals surface area contributed by atoms with Crippen molar-refractivity contribution in [2.45, 2.75) is 24.8 Å². The molecule has 0 radical (unpaired) electrons. The van der Waals surface area contributed by atoms with Crippen LogP contribution in [0, 0.1) is 0 Å². The maximum atomic E-state index is 11.3. The highest BCUT2D eigenvalue weighted by Crippen LogP contribution is 2.24. The van der Waals surface area contributed by atoms with Crippen molar-refractivity contribution in [3.63, 3.8) is 0 Å². The monoisotopic (exact) mass is 187 g/mol. The Morgan fingerprint density at radius 3 is 2.69 bits per heavy atom. The van der Waals surface area contributed by atoms with E-state index in [-0.39, 0.29) is 6.42 Å². The number of carboxylic acid groups (broad SMARTS) is 1. The molecule has 1 aliphatic rings. The van der Waals surface area contributed by atoms with Gasteiger partial charge in [-0.05, 0) is 19.4 Å². The summed E-state index contributed by atoms with van der Waals surface area (Å²) in [7, 11) is 1.27. The number of carbonyl (C=O) groups is 2. The van der Waals surface area contributed by atoms with Crippen molar-refractivity contribution < 1.29 is 19.4 Å². The Labute approximate surface area is 76.1 Å². The third-order valence-electron chi connectivity index (χ3n) is 2.27. The number of methoxy groups -OCH3 is 1. The van der Waals surface area contributed by atoms with Gasteiger partial charge in [-0.25, -0.2) is 0 Å². The molecule has 0 amide bonds. The topological polar surface area (TPSA) is 75.6 Å². The molecule has 2 N–H and O–H groups in total. The summed E-state index contributed by atoms with van der Waals surface area (Å²) in [6, 6.07) is 0. The van der Waals surface area contributed by atoms with Gasteiger partial charge in [0.2, 0.25) is 0 Å². The number of hydrogen-bond acceptors (Lipinski definition) is 4. The molecule has 5 nitrogen and oxygen atoms in total. The van der Waals surface area contributed by atoms with Crippen LogP contribution >= 0.6 is 0 Å². The Morgan fingerprint density at radius 1 is 1.62 bits per heavy atom. The van der Waals surface area contributed by atoms with Crippen molar-refractivity contribution in [1.29, 1.82) is 0 Å². The summed E-state index contributed by atoms with van der Waals surface area (Å²) < 4.78 is 4.57. The zero-order chi connectivity index (χ0) is 9.90. The first-order valence-electron chi connectivity index (χ1n) is 4.16. The number of carbonyl (C=O) groups excluding carboxylic acids is 1. The van der Waals surface area contributed by atoms with Gasteiger partial charge in [0.15, 0.2) is 0 Å². The molecule has 1 saturated heterocycles. The minimum Gasteiger partial charge on any atom is -0.481 e. The molecule has 1 rings (SSSR count). The largest absolute Gasteiger partial charge is 0.481 e. The van der Waals surface area contributed by atoms with Gasteiger partial charge in [0.25, 0.3) is 0 Å². The van der Waals surface area contributed by atoms with Crippen molar-refractivity contribution in [3.05, 3.63) is 0 Å². The molecular weight excluding hydrogens is 174 g/mol. The van der Waals surface area contributed by atoms with Gasteiger partial charge >= 0.3 is 11.9 Å². The van der Waals surface area contributed by atoms with E-state index < -0.39 is 17.5 Å². The number of hydrogen-bond donors (Lipinski definition) is 2. The van der Waals surface area contributed by atoms with Gasteiger partial charge < -0.3 is 15.2 Å². The summed E-state index contributed by atoms with van der Waals surface area (Å²) in [6.45, 7) is 0.669. The van der Waals surface area contributed by atoms with Crippen molar-refractivity contribution in [1.82, 2.24) is 5.32 Å². The summed E-state index contributed by atoms with van der Waals surface area (Å²) >= 11 is 0. The van der Waals surface area contributed by atoms with Crippen molar-refractivity contribution >= 4 is 11.9 Å². The lowest BCUT2D eigenvalue weighted by Crippen LogP contribution is -2.49. The van der Waals surface area contributed by atoms with E-state index >= 15 is 0 Å². The fraction of sp³-hybridized carbons (Fsp3) is 0.750. The van der Waals surface area contributed by atoms with Gasteiger partial charge in [0.05, 0.1) is 13.5 Å². The first kappa shape index (κ1) is 9.98. The second-order valence-corrected chi connectivity index (χ2v) is 3.17. The Bertz CT molecular complexity index is 220. The lowest BCUT2D eigenvalue weighted by atomic mass is 9.93. The third kappa shape index (κ3) is 1.98. The van der Waals surface area contributed by atoms with Crippen molar-refractivity contribution in [2.24, 2.45) is 0 Å². The lowest BCUT2D eigenvalue weighted by molar-refractivity contribution is -0.153. The average molecular weight is 187 g/mol. The summed E-state index contributed by atoms with van der Waals surface area (Å²) in [4.78, 5) is 21.9. The molecule has 1 atom stereocenters. The Kier molecular flexibility index (Phi) is 2.87. The molecular formula is C8H13NO4. The van der Waals surface area contributed by atoms with Crippen LogP contribution in [0.1, 0.15) is 19.3 Å². The first-order valence-corrected chi connectivity index (χ1v) is 4.16. The van der Waals surface area contributed by atoms with Gasteiger partial charge in [-0.15, -0.1) is 0 Å². The van der Waals surface area contributed by atoms with E-state index in [0.29, 0.717) is 13.0 Å². The summed E-state index contributed by atoms with van der Waals surface area (Å²) in [5.41, 5.74) is -0.986. The normalized spacial score (nSPS) is 27.2. The second kappa shape index (κ2) is 3.74. The van der Waals surface area contributed by atoms with Gasteiger partial charge in [-0.3, -0.25) is 9.59 Å². The first-order chi connectivity index (χ1) is 6.10. The fourth-order valence-corrected chi connectivity index (χ4v) is 1.66. The number of nitrogens with one attached hydrogen (secondary N) is 1. The predicted octanol–water partition coefficient (Wildman–Crippen LogP) is -0.244. The van der Waals surface area contributed by atoms with Crippen LogP contribution in [0.15, 0.2) is 0 Å². The highest BCUT2D eigenvalue weighted by molar-refractivity contribution is 5.86. The van der Waals surface area contributed by atoms with E-state index in [1.807, 2.05) is 0 Å². The van der Waals surface area contributed by atoms with Crippen LogP contribution < -0.4 is 5.32 Å². The molecule has 74 valence electrons. The van der Waals surface area contributed by atoms with Gasteiger partial charge in [0, 0.05) is 0 Å². The molecule has 13 heavy (non-hydrogen) atoms. The highest BCUT2D eigenvalue weighted by atomic mass is 16.5. The second-order valence-electron chi connectivity index (χ2n) is 3.17. The van der Waals surface area contributed by atoms with E-state index in [0.717, 1.165) is 6.42 Å². The fourth-order valence-electron chi connectivity index (χ4n) is 1.66. The molecule has 5 heteroatoms. The van der Waals surface area contributed by atoms with Crippen molar-refractivity contribution in [3.8, 4) is 0 Å². The zero-order valence-electron chi connectivity index (χ0n) is 7.50. The molecule has 0 unspecified atom stereocenters. The van der Waals surface area contributed by atoms with Crippen LogP contribution in [-0.2, 0) is 14.3 Å². The van der Waals surface area contributed by atoms with Crippen LogP contribution in [0.4, 0.5) is 0 Å². The zero-order valence-corrected chi connectivity index (χ0v) is 7.50. The van der Waals surface area contributed by atoms with Crippen LogP contribution in [-0.4, -0.2) is 36.2 Å². The number of aliphatic carboxylic acids is 1. The van der Waals surface area contributed by atoms with Crippen LogP contribution in [0.3, 0.4) is 0 Å². The molecule has 0 aromatic carbocycles. The maximum absolute atomic E-state index is 11.3. The third-order valence-corrected chi connectivity index (χ3v) is 2.27. The van der Waals surface area contributed by atoms with Crippen LogP contribution in [0.25, 0.3) is 0 Å². The minimum absolute atomic E-state index is 0.209. The number of esters is 1.